The first-order chi connectivity index (χ1) is 8.35. The Hall–Kier alpha value is -2.02. The van der Waals surface area contributed by atoms with Crippen LogP contribution in [0.2, 0.25) is 0 Å². The van der Waals surface area contributed by atoms with Gasteiger partial charge in [-0.1, -0.05) is 63.4 Å². The zero-order valence-corrected chi connectivity index (χ0v) is 10.5. The van der Waals surface area contributed by atoms with Gasteiger partial charge in [0.15, 0.2) is 0 Å². The van der Waals surface area contributed by atoms with E-state index >= 15 is 0 Å². The van der Waals surface area contributed by atoms with E-state index in [4.69, 9.17) is 0 Å². The topological polar surface area (TPSA) is 12.0 Å². The van der Waals surface area contributed by atoms with Gasteiger partial charge < -0.3 is 5.32 Å². The van der Waals surface area contributed by atoms with Crippen molar-refractivity contribution in [2.24, 2.45) is 0 Å². The number of anilines is 1. The van der Waals surface area contributed by atoms with Crippen LogP contribution >= 0.6 is 0 Å². The fourth-order valence-corrected chi connectivity index (χ4v) is 1.59. The van der Waals surface area contributed by atoms with E-state index in [1.807, 2.05) is 44.2 Å². The fraction of sp³-hybridized carbons (Fsp3) is 0.125. The number of hydrogen-bond donors (Lipinski definition) is 1. The molecule has 1 aromatic rings. The molecule has 1 N–H and O–H groups in total. The minimum Gasteiger partial charge on any atom is -0.355 e. The Morgan fingerprint density at radius 3 is 2.35 bits per heavy atom. The molecule has 1 aromatic carbocycles. The van der Waals surface area contributed by atoms with Crippen LogP contribution in [0, 0.1) is 0 Å². The summed E-state index contributed by atoms with van der Waals surface area (Å²) < 4.78 is 0. The highest BCUT2D eigenvalue weighted by Crippen LogP contribution is 2.24. The summed E-state index contributed by atoms with van der Waals surface area (Å²) in [6.45, 7) is 11.6. The summed E-state index contributed by atoms with van der Waals surface area (Å²) in [5, 5.41) is 3.34. The minimum atomic E-state index is 0.992. The molecule has 1 aliphatic heterocycles. The van der Waals surface area contributed by atoms with Gasteiger partial charge in [0.2, 0.25) is 0 Å². The van der Waals surface area contributed by atoms with Crippen molar-refractivity contribution in [1.82, 2.24) is 0 Å². The lowest BCUT2D eigenvalue weighted by molar-refractivity contribution is 1.44. The van der Waals surface area contributed by atoms with Crippen LogP contribution in [-0.4, -0.2) is 0 Å². The molecule has 0 saturated carbocycles. The molecule has 0 atom stereocenters. The second-order valence-corrected chi connectivity index (χ2v) is 3.32. The van der Waals surface area contributed by atoms with Gasteiger partial charge in [-0.25, -0.2) is 0 Å². The lowest BCUT2D eigenvalue weighted by Gasteiger charge is -2.09. The zero-order chi connectivity index (χ0) is 12.7. The zero-order valence-electron chi connectivity index (χ0n) is 10.5. The van der Waals surface area contributed by atoms with E-state index in [0.29, 0.717) is 0 Å². The molecule has 0 bridgehead atoms. The Morgan fingerprint density at radius 1 is 1.00 bits per heavy atom. The van der Waals surface area contributed by atoms with Gasteiger partial charge in [0.1, 0.15) is 0 Å². The van der Waals surface area contributed by atoms with Crippen LogP contribution < -0.4 is 5.32 Å². The van der Waals surface area contributed by atoms with E-state index in [-0.39, 0.29) is 0 Å². The van der Waals surface area contributed by atoms with Crippen molar-refractivity contribution in [3.05, 3.63) is 72.5 Å². The van der Waals surface area contributed by atoms with Crippen molar-refractivity contribution < 1.29 is 0 Å². The van der Waals surface area contributed by atoms with Crippen LogP contribution in [0.3, 0.4) is 0 Å². The van der Waals surface area contributed by atoms with Crippen LogP contribution in [0.4, 0.5) is 5.69 Å². The third-order valence-electron chi connectivity index (χ3n) is 2.41. The van der Waals surface area contributed by atoms with E-state index in [9.17, 15) is 0 Å². The molecule has 1 heteroatoms. The number of fused-ring (bicyclic) bond motifs is 1. The molecule has 0 radical (unpaired) electrons. The number of benzene rings is 1. The van der Waals surface area contributed by atoms with Gasteiger partial charge in [-0.05, 0) is 23.3 Å². The first kappa shape index (κ1) is 13.0. The van der Waals surface area contributed by atoms with Crippen molar-refractivity contribution in [2.45, 2.75) is 13.8 Å². The van der Waals surface area contributed by atoms with Gasteiger partial charge in [0, 0.05) is 11.4 Å². The Bertz CT molecular complexity index is 464. The Labute approximate surface area is 104 Å². The maximum atomic E-state index is 3.80. The Balaban J connectivity index is 0.000000686. The quantitative estimate of drug-likeness (QED) is 0.764. The normalized spacial score (nSPS) is 12.6. The predicted octanol–water partition coefficient (Wildman–Crippen LogP) is 4.78. The average molecular weight is 225 g/mol. The molecule has 1 aliphatic rings. The number of para-hydroxylation sites is 1. The highest BCUT2D eigenvalue weighted by molar-refractivity contribution is 5.74. The molecular formula is C16H19N. The van der Waals surface area contributed by atoms with Gasteiger partial charge in [-0.15, -0.1) is 0 Å². The van der Waals surface area contributed by atoms with E-state index in [2.05, 4.69) is 36.7 Å². The molecule has 0 unspecified atom stereocenters. The predicted molar refractivity (Wildman–Crippen MR) is 77.9 cm³/mol. The number of hydrogen-bond acceptors (Lipinski definition) is 1. The monoisotopic (exact) mass is 225 g/mol. The lowest BCUT2D eigenvalue weighted by atomic mass is 10.1. The third-order valence-corrected chi connectivity index (χ3v) is 2.41. The molecule has 1 nitrogen and oxygen atoms in total. The second kappa shape index (κ2) is 6.54. The van der Waals surface area contributed by atoms with Crippen molar-refractivity contribution in [3.8, 4) is 0 Å². The number of nitrogens with one attached hydrogen (secondary N) is 1. The van der Waals surface area contributed by atoms with Crippen LogP contribution in [0.5, 0.6) is 0 Å². The molecule has 0 amide bonds. The fourth-order valence-electron chi connectivity index (χ4n) is 1.59. The molecule has 0 aliphatic carbocycles. The van der Waals surface area contributed by atoms with Crippen molar-refractivity contribution >= 4 is 11.8 Å². The summed E-state index contributed by atoms with van der Waals surface area (Å²) in [6.07, 6.45) is 7.76. The molecular weight excluding hydrogens is 206 g/mol. The summed E-state index contributed by atoms with van der Waals surface area (Å²) in [4.78, 5) is 0. The SMILES string of the molecule is C=CC1=C(C=C)Nc2ccccc2C=C1.CC. The highest BCUT2D eigenvalue weighted by atomic mass is 14.9. The van der Waals surface area contributed by atoms with Gasteiger partial charge in [0.25, 0.3) is 0 Å². The van der Waals surface area contributed by atoms with Crippen molar-refractivity contribution in [2.75, 3.05) is 5.32 Å². The highest BCUT2D eigenvalue weighted by Gasteiger charge is 2.05. The van der Waals surface area contributed by atoms with E-state index in [0.717, 1.165) is 17.0 Å². The van der Waals surface area contributed by atoms with Gasteiger partial charge in [-0.2, -0.15) is 0 Å². The summed E-state index contributed by atoms with van der Waals surface area (Å²) in [5.41, 5.74) is 4.32. The third kappa shape index (κ3) is 2.97. The number of rotatable bonds is 2. The maximum absolute atomic E-state index is 3.80. The molecule has 17 heavy (non-hydrogen) atoms. The lowest BCUT2D eigenvalue weighted by Crippen LogP contribution is -1.98. The largest absolute Gasteiger partial charge is 0.355 e. The minimum absolute atomic E-state index is 0.992. The van der Waals surface area contributed by atoms with Gasteiger partial charge in [-0.3, -0.25) is 0 Å². The second-order valence-electron chi connectivity index (χ2n) is 3.32. The Kier molecular flexibility index (Phi) is 5.02. The van der Waals surface area contributed by atoms with Crippen LogP contribution in [-0.2, 0) is 0 Å². The van der Waals surface area contributed by atoms with E-state index < -0.39 is 0 Å². The molecule has 0 fully saturated rings. The molecule has 2 rings (SSSR count). The molecule has 0 spiro atoms. The Morgan fingerprint density at radius 2 is 1.71 bits per heavy atom. The van der Waals surface area contributed by atoms with E-state index in [1.165, 1.54) is 5.56 Å². The smallest absolute Gasteiger partial charge is 0.0457 e. The average Bonchev–Trinajstić information content (AvgIpc) is 2.59. The molecule has 0 aromatic heterocycles. The summed E-state index contributed by atoms with van der Waals surface area (Å²) in [5.74, 6) is 0. The molecule has 0 saturated heterocycles. The molecule has 1 heterocycles. The number of allylic oxidation sites excluding steroid dienone is 4. The van der Waals surface area contributed by atoms with Crippen molar-refractivity contribution in [3.63, 3.8) is 0 Å². The maximum Gasteiger partial charge on any atom is 0.0457 e. The van der Waals surface area contributed by atoms with Crippen LogP contribution in [0.25, 0.3) is 6.08 Å². The standard InChI is InChI=1S/C14H13N.C2H6/c1-3-11-9-10-12-7-5-6-8-14(12)15-13(11)4-2;1-2/h3-10,15H,1-2H2;1-2H3. The van der Waals surface area contributed by atoms with Gasteiger partial charge in [0.05, 0.1) is 0 Å². The first-order valence-corrected chi connectivity index (χ1v) is 5.88. The van der Waals surface area contributed by atoms with Crippen LogP contribution in [0.1, 0.15) is 19.4 Å². The van der Waals surface area contributed by atoms with Gasteiger partial charge >= 0.3 is 0 Å². The van der Waals surface area contributed by atoms with E-state index in [1.54, 1.807) is 0 Å². The summed E-state index contributed by atoms with van der Waals surface area (Å²) >= 11 is 0. The molecule has 88 valence electrons. The van der Waals surface area contributed by atoms with Crippen molar-refractivity contribution in [1.29, 1.82) is 0 Å². The summed E-state index contributed by atoms with van der Waals surface area (Å²) in [6, 6.07) is 8.16. The first-order valence-electron chi connectivity index (χ1n) is 5.88. The van der Waals surface area contributed by atoms with Crippen LogP contribution in [0.15, 0.2) is 66.9 Å². The summed E-state index contributed by atoms with van der Waals surface area (Å²) in [7, 11) is 0.